The monoisotopic (exact) mass is 398 g/mol. The van der Waals surface area contributed by atoms with Gasteiger partial charge in [-0.1, -0.05) is 18.2 Å². The Morgan fingerprint density at radius 3 is 2.46 bits per heavy atom. The molecule has 0 saturated carbocycles. The third-order valence-electron chi connectivity index (χ3n) is 4.95. The summed E-state index contributed by atoms with van der Waals surface area (Å²) in [6.45, 7) is 0. The summed E-state index contributed by atoms with van der Waals surface area (Å²) < 4.78 is 16.1. The van der Waals surface area contributed by atoms with E-state index in [1.807, 2.05) is 18.3 Å². The molecule has 6 nitrogen and oxygen atoms in total. The molecule has 2 N–H and O–H groups in total. The molecule has 0 spiro atoms. The van der Waals surface area contributed by atoms with E-state index in [1.54, 1.807) is 45.2 Å². The Kier molecular flexibility index (Phi) is 5.19. The van der Waals surface area contributed by atoms with Gasteiger partial charge in [-0.05, 0) is 18.2 Å². The predicted octanol–water partition coefficient (Wildman–Crippen LogP) is 3.78. The summed E-state index contributed by atoms with van der Waals surface area (Å²) in [6, 6.07) is 11.3. The summed E-state index contributed by atoms with van der Waals surface area (Å²) >= 11 is 1.73. The molecule has 1 aromatic heterocycles. The summed E-state index contributed by atoms with van der Waals surface area (Å²) in [4.78, 5) is 16.4. The minimum Gasteiger partial charge on any atom is -0.493 e. The van der Waals surface area contributed by atoms with Crippen LogP contribution in [0.25, 0.3) is 10.9 Å². The Bertz CT molecular complexity index is 992. The largest absolute Gasteiger partial charge is 0.493 e. The molecule has 0 bridgehead atoms. The van der Waals surface area contributed by atoms with Crippen molar-refractivity contribution in [3.63, 3.8) is 0 Å². The number of aromatic nitrogens is 1. The SMILES string of the molecule is COc1cc(C(=O)C2CSC(c3c[nH]c4ccccc34)N2)cc(OC)c1OC. The molecule has 2 heterocycles. The number of aromatic amines is 1. The number of ether oxygens (including phenoxy) is 3. The van der Waals surface area contributed by atoms with Gasteiger partial charge >= 0.3 is 0 Å². The molecule has 2 unspecified atom stereocenters. The third-order valence-corrected chi connectivity index (χ3v) is 6.20. The predicted molar refractivity (Wildman–Crippen MR) is 111 cm³/mol. The number of methoxy groups -OCH3 is 3. The number of carbonyl (C=O) groups is 1. The lowest BCUT2D eigenvalue weighted by Crippen LogP contribution is -2.34. The lowest BCUT2D eigenvalue weighted by atomic mass is 10.0. The van der Waals surface area contributed by atoms with Crippen molar-refractivity contribution in [2.24, 2.45) is 0 Å². The molecule has 3 aromatic rings. The van der Waals surface area contributed by atoms with Crippen LogP contribution in [-0.2, 0) is 0 Å². The summed E-state index contributed by atoms with van der Waals surface area (Å²) in [6.07, 6.45) is 2.02. The smallest absolute Gasteiger partial charge is 0.203 e. The number of para-hydroxylation sites is 1. The zero-order valence-electron chi connectivity index (χ0n) is 15.9. The van der Waals surface area contributed by atoms with Crippen LogP contribution >= 0.6 is 11.8 Å². The van der Waals surface area contributed by atoms with E-state index in [1.165, 1.54) is 10.9 Å². The first-order valence-electron chi connectivity index (χ1n) is 8.94. The van der Waals surface area contributed by atoms with Crippen LogP contribution in [0.2, 0.25) is 0 Å². The van der Waals surface area contributed by atoms with Crippen molar-refractivity contribution < 1.29 is 19.0 Å². The van der Waals surface area contributed by atoms with Crippen LogP contribution in [0, 0.1) is 0 Å². The van der Waals surface area contributed by atoms with Crippen LogP contribution in [0.5, 0.6) is 17.2 Å². The van der Waals surface area contributed by atoms with Crippen molar-refractivity contribution in [1.82, 2.24) is 10.3 Å². The maximum Gasteiger partial charge on any atom is 0.203 e. The number of ketones is 1. The second-order valence-corrected chi connectivity index (χ2v) is 7.64. The van der Waals surface area contributed by atoms with E-state index < -0.39 is 0 Å². The summed E-state index contributed by atoms with van der Waals surface area (Å²) in [5.41, 5.74) is 2.80. The fraction of sp³-hybridized carbons (Fsp3) is 0.286. The zero-order chi connectivity index (χ0) is 19.7. The van der Waals surface area contributed by atoms with Crippen LogP contribution < -0.4 is 19.5 Å². The number of thioether (sulfide) groups is 1. The van der Waals surface area contributed by atoms with Crippen molar-refractivity contribution in [3.8, 4) is 17.2 Å². The summed E-state index contributed by atoms with van der Waals surface area (Å²) in [5.74, 6) is 2.13. The lowest BCUT2D eigenvalue weighted by molar-refractivity contribution is 0.0955. The molecule has 28 heavy (non-hydrogen) atoms. The number of benzene rings is 2. The Hall–Kier alpha value is -2.64. The summed E-state index contributed by atoms with van der Waals surface area (Å²) in [7, 11) is 4.63. The first kappa shape index (κ1) is 18.7. The molecule has 0 aliphatic carbocycles. The second kappa shape index (κ2) is 7.77. The van der Waals surface area contributed by atoms with Crippen LogP contribution in [0.4, 0.5) is 0 Å². The van der Waals surface area contributed by atoms with E-state index in [0.29, 0.717) is 28.6 Å². The van der Waals surface area contributed by atoms with Gasteiger partial charge in [0.1, 0.15) is 0 Å². The van der Waals surface area contributed by atoms with Gasteiger partial charge in [-0.25, -0.2) is 0 Å². The number of carbonyl (C=O) groups excluding carboxylic acids is 1. The Morgan fingerprint density at radius 1 is 1.07 bits per heavy atom. The molecular formula is C21H22N2O4S. The van der Waals surface area contributed by atoms with Gasteiger partial charge in [0.2, 0.25) is 5.75 Å². The van der Waals surface area contributed by atoms with E-state index in [2.05, 4.69) is 22.4 Å². The molecule has 1 aliphatic rings. The van der Waals surface area contributed by atoms with E-state index in [-0.39, 0.29) is 17.2 Å². The fourth-order valence-electron chi connectivity index (χ4n) is 3.54. The van der Waals surface area contributed by atoms with E-state index in [9.17, 15) is 4.79 Å². The highest BCUT2D eigenvalue weighted by Crippen LogP contribution is 2.40. The topological polar surface area (TPSA) is 72.6 Å². The lowest BCUT2D eigenvalue weighted by Gasteiger charge is -2.16. The maximum absolute atomic E-state index is 13.1. The molecule has 2 atom stereocenters. The number of hydrogen-bond donors (Lipinski definition) is 2. The van der Waals surface area contributed by atoms with Crippen molar-refractivity contribution in [2.75, 3.05) is 27.1 Å². The van der Waals surface area contributed by atoms with Crippen molar-refractivity contribution in [1.29, 1.82) is 0 Å². The van der Waals surface area contributed by atoms with Crippen LogP contribution in [-0.4, -0.2) is 43.9 Å². The Labute approximate surface area is 167 Å². The van der Waals surface area contributed by atoms with Gasteiger partial charge < -0.3 is 19.2 Å². The molecule has 0 radical (unpaired) electrons. The first-order valence-corrected chi connectivity index (χ1v) is 9.99. The van der Waals surface area contributed by atoms with Gasteiger partial charge in [0.05, 0.1) is 32.7 Å². The normalized spacial score (nSPS) is 19.0. The van der Waals surface area contributed by atoms with E-state index in [4.69, 9.17) is 14.2 Å². The first-order chi connectivity index (χ1) is 13.7. The van der Waals surface area contributed by atoms with Crippen LogP contribution in [0.3, 0.4) is 0 Å². The molecule has 2 aromatic carbocycles. The summed E-state index contributed by atoms with van der Waals surface area (Å²) in [5, 5.41) is 4.70. The number of fused-ring (bicyclic) bond motifs is 1. The van der Waals surface area contributed by atoms with Gasteiger partial charge in [0.15, 0.2) is 17.3 Å². The number of nitrogens with one attached hydrogen (secondary N) is 2. The zero-order valence-corrected chi connectivity index (χ0v) is 16.8. The standard InChI is InChI=1S/C21H22N2O4S/c1-25-17-8-12(9-18(26-2)20(17)27-3)19(24)16-11-28-21(23-16)14-10-22-15-7-5-4-6-13(14)15/h4-10,16,21-23H,11H2,1-3H3. The number of rotatable bonds is 6. The highest BCUT2D eigenvalue weighted by atomic mass is 32.2. The molecule has 0 amide bonds. The highest BCUT2D eigenvalue weighted by Gasteiger charge is 2.33. The molecule has 1 saturated heterocycles. The minimum absolute atomic E-state index is 0.00842. The third kappa shape index (κ3) is 3.21. The number of Topliss-reactive ketones (excluding diaryl/α,β-unsaturated/α-hetero) is 1. The minimum atomic E-state index is -0.286. The molecule has 1 fully saturated rings. The molecule has 1 aliphatic heterocycles. The van der Waals surface area contributed by atoms with E-state index >= 15 is 0 Å². The molecule has 4 rings (SSSR count). The van der Waals surface area contributed by atoms with Crippen molar-refractivity contribution in [2.45, 2.75) is 11.4 Å². The maximum atomic E-state index is 13.1. The van der Waals surface area contributed by atoms with Crippen molar-refractivity contribution >= 4 is 28.4 Å². The highest BCUT2D eigenvalue weighted by molar-refractivity contribution is 7.99. The van der Waals surface area contributed by atoms with Gasteiger partial charge in [-0.3, -0.25) is 10.1 Å². The molecule has 146 valence electrons. The molecule has 7 heteroatoms. The molecular weight excluding hydrogens is 376 g/mol. The van der Waals surface area contributed by atoms with Gasteiger partial charge in [0, 0.05) is 34.0 Å². The number of hydrogen-bond acceptors (Lipinski definition) is 6. The Morgan fingerprint density at radius 2 is 1.79 bits per heavy atom. The second-order valence-electron chi connectivity index (χ2n) is 6.50. The van der Waals surface area contributed by atoms with Crippen LogP contribution in [0.1, 0.15) is 21.3 Å². The Balaban J connectivity index is 1.58. The number of H-pyrrole nitrogens is 1. The van der Waals surface area contributed by atoms with Crippen molar-refractivity contribution in [3.05, 3.63) is 53.7 Å². The van der Waals surface area contributed by atoms with Crippen LogP contribution in [0.15, 0.2) is 42.6 Å². The average molecular weight is 398 g/mol. The van der Waals surface area contributed by atoms with Gasteiger partial charge in [-0.2, -0.15) is 0 Å². The average Bonchev–Trinajstić information content (AvgIpc) is 3.38. The van der Waals surface area contributed by atoms with Gasteiger partial charge in [-0.15, -0.1) is 11.8 Å². The van der Waals surface area contributed by atoms with Gasteiger partial charge in [0.25, 0.3) is 0 Å². The fourth-order valence-corrected chi connectivity index (χ4v) is 4.81. The quantitative estimate of drug-likeness (QED) is 0.616. The van der Waals surface area contributed by atoms with E-state index in [0.717, 1.165) is 5.52 Å².